The number of nitrogens with two attached hydrogens (primary N) is 1. The van der Waals surface area contributed by atoms with E-state index in [2.05, 4.69) is 0 Å². The van der Waals surface area contributed by atoms with Crippen molar-refractivity contribution in [3.8, 4) is 0 Å². The van der Waals surface area contributed by atoms with Crippen molar-refractivity contribution < 1.29 is 4.79 Å². The molecule has 2 rings (SSSR count). The van der Waals surface area contributed by atoms with Gasteiger partial charge in [-0.05, 0) is 6.07 Å². The summed E-state index contributed by atoms with van der Waals surface area (Å²) < 4.78 is 1.74. The number of primary amides is 1. The Morgan fingerprint density at radius 1 is 1.58 bits per heavy atom. The minimum absolute atomic E-state index is 0.393. The maximum Gasteiger partial charge on any atom is 0.250 e. The van der Waals surface area contributed by atoms with Gasteiger partial charge in [0.2, 0.25) is 5.91 Å². The average molecular weight is 218 g/mol. The number of rotatable bonds is 1. The molecule has 0 aromatic carbocycles. The van der Waals surface area contributed by atoms with E-state index >= 15 is 0 Å². The Balaban J connectivity index is 2.76. The van der Waals surface area contributed by atoms with Gasteiger partial charge in [0.25, 0.3) is 0 Å². The van der Waals surface area contributed by atoms with Crippen LogP contribution < -0.4 is 5.73 Å². The van der Waals surface area contributed by atoms with Gasteiger partial charge in [0.15, 0.2) is 0 Å². The maximum atomic E-state index is 10.9. The van der Waals surface area contributed by atoms with E-state index in [4.69, 9.17) is 17.3 Å². The van der Waals surface area contributed by atoms with Gasteiger partial charge in [-0.25, -0.2) is 0 Å². The molecule has 0 radical (unpaired) electrons. The molecule has 0 aliphatic rings. The second kappa shape index (κ2) is 2.73. The first-order chi connectivity index (χ1) is 5.68. The molecule has 2 aromatic rings. The van der Waals surface area contributed by atoms with Gasteiger partial charge in [-0.15, -0.1) is 22.7 Å². The number of hydrogen-bond donors (Lipinski definition) is 1. The van der Waals surface area contributed by atoms with Crippen LogP contribution in [-0.2, 0) is 0 Å². The van der Waals surface area contributed by atoms with Crippen molar-refractivity contribution in [2.45, 2.75) is 0 Å². The predicted octanol–water partition coefficient (Wildman–Crippen LogP) is 2.72. The van der Waals surface area contributed by atoms with Crippen molar-refractivity contribution in [2.24, 2.45) is 5.73 Å². The van der Waals surface area contributed by atoms with Crippen molar-refractivity contribution in [3.63, 3.8) is 0 Å². The summed E-state index contributed by atoms with van der Waals surface area (Å²) in [5, 5.41) is 2.64. The largest absolute Gasteiger partial charge is 0.366 e. The molecule has 0 spiro atoms. The Morgan fingerprint density at radius 2 is 2.33 bits per heavy atom. The topological polar surface area (TPSA) is 43.1 Å². The molecule has 2 aromatic heterocycles. The van der Waals surface area contributed by atoms with Crippen LogP contribution in [0.15, 0.2) is 11.4 Å². The van der Waals surface area contributed by atoms with Crippen LogP contribution in [0.1, 0.15) is 10.4 Å². The third-order valence-electron chi connectivity index (χ3n) is 1.51. The molecule has 0 fully saturated rings. The molecule has 2 N–H and O–H groups in total. The quantitative estimate of drug-likeness (QED) is 0.784. The predicted molar refractivity (Wildman–Crippen MR) is 53.2 cm³/mol. The number of amides is 1. The summed E-state index contributed by atoms with van der Waals surface area (Å²) in [6.45, 7) is 0. The lowest BCUT2D eigenvalue weighted by Gasteiger charge is -1.85. The lowest BCUT2D eigenvalue weighted by molar-refractivity contribution is 0.100. The molecule has 0 aliphatic carbocycles. The number of carbonyl (C=O) groups is 1. The van der Waals surface area contributed by atoms with Crippen molar-refractivity contribution in [3.05, 3.63) is 21.3 Å². The Hall–Kier alpha value is -0.580. The zero-order valence-corrected chi connectivity index (χ0v) is 8.22. The van der Waals surface area contributed by atoms with Crippen molar-refractivity contribution >= 4 is 49.6 Å². The van der Waals surface area contributed by atoms with Gasteiger partial charge < -0.3 is 5.73 Å². The molecule has 2 heterocycles. The summed E-state index contributed by atoms with van der Waals surface area (Å²) in [5.74, 6) is -0.393. The van der Waals surface area contributed by atoms with E-state index in [0.717, 1.165) is 9.40 Å². The number of hydrogen-bond acceptors (Lipinski definition) is 3. The summed E-state index contributed by atoms with van der Waals surface area (Å²) in [6, 6.07) is 1.78. The fourth-order valence-electron chi connectivity index (χ4n) is 0.987. The molecule has 0 aliphatic heterocycles. The molecular formula is C7H4ClNOS2. The van der Waals surface area contributed by atoms with Gasteiger partial charge in [-0.1, -0.05) is 11.6 Å². The fraction of sp³-hybridized carbons (Fsp3) is 0. The van der Waals surface area contributed by atoms with E-state index in [0.29, 0.717) is 9.90 Å². The van der Waals surface area contributed by atoms with Crippen molar-refractivity contribution in [2.75, 3.05) is 0 Å². The summed E-state index contributed by atoms with van der Waals surface area (Å²) in [4.78, 5) is 10.9. The SMILES string of the molecule is NC(=O)c1csc2sc(Cl)cc12. The molecule has 0 atom stereocenters. The first kappa shape index (κ1) is 8.04. The molecule has 2 nitrogen and oxygen atoms in total. The molecule has 0 bridgehead atoms. The van der Waals surface area contributed by atoms with Gasteiger partial charge in [0, 0.05) is 10.8 Å². The van der Waals surface area contributed by atoms with Crippen LogP contribution in [0.3, 0.4) is 0 Å². The lowest BCUT2D eigenvalue weighted by atomic mass is 10.2. The highest BCUT2D eigenvalue weighted by Crippen LogP contribution is 2.35. The third-order valence-corrected chi connectivity index (χ3v) is 3.89. The Labute approximate surface area is 81.6 Å². The van der Waals surface area contributed by atoms with E-state index in [-0.39, 0.29) is 0 Å². The first-order valence-corrected chi connectivity index (χ1v) is 5.22. The Bertz CT molecular complexity index is 445. The van der Waals surface area contributed by atoms with E-state index in [1.807, 2.05) is 0 Å². The molecule has 1 amide bonds. The highest BCUT2D eigenvalue weighted by Gasteiger charge is 2.11. The van der Waals surface area contributed by atoms with Crippen LogP contribution in [0, 0.1) is 0 Å². The molecule has 0 saturated carbocycles. The minimum atomic E-state index is -0.393. The Kier molecular flexibility index (Phi) is 1.83. The molecule has 5 heteroatoms. The number of fused-ring (bicyclic) bond motifs is 1. The van der Waals surface area contributed by atoms with E-state index in [1.165, 1.54) is 22.7 Å². The van der Waals surface area contributed by atoms with Crippen LogP contribution in [0.25, 0.3) is 9.40 Å². The summed E-state index contributed by atoms with van der Waals surface area (Å²) in [7, 11) is 0. The van der Waals surface area contributed by atoms with E-state index < -0.39 is 5.91 Å². The van der Waals surface area contributed by atoms with Gasteiger partial charge >= 0.3 is 0 Å². The second-order valence-electron chi connectivity index (χ2n) is 2.27. The van der Waals surface area contributed by atoms with Crippen LogP contribution in [0.5, 0.6) is 0 Å². The smallest absolute Gasteiger partial charge is 0.250 e. The minimum Gasteiger partial charge on any atom is -0.366 e. The zero-order valence-electron chi connectivity index (χ0n) is 5.83. The van der Waals surface area contributed by atoms with Crippen LogP contribution >= 0.6 is 34.3 Å². The van der Waals surface area contributed by atoms with Gasteiger partial charge in [0.1, 0.15) is 0 Å². The normalized spacial score (nSPS) is 10.8. The van der Waals surface area contributed by atoms with Crippen LogP contribution in [0.2, 0.25) is 4.34 Å². The van der Waals surface area contributed by atoms with Crippen LogP contribution in [-0.4, -0.2) is 5.91 Å². The highest BCUT2D eigenvalue weighted by atomic mass is 35.5. The molecular weight excluding hydrogens is 214 g/mol. The second-order valence-corrected chi connectivity index (χ2v) is 5.09. The standard InChI is InChI=1S/C7H4ClNOS2/c8-5-1-3-4(6(9)10)2-11-7(3)12-5/h1-2H,(H2,9,10). The first-order valence-electron chi connectivity index (χ1n) is 3.15. The molecule has 62 valence electrons. The van der Waals surface area contributed by atoms with Crippen LogP contribution in [0.4, 0.5) is 0 Å². The summed E-state index contributed by atoms with van der Waals surface area (Å²) in [6.07, 6.45) is 0. The number of halogens is 1. The highest BCUT2D eigenvalue weighted by molar-refractivity contribution is 7.39. The van der Waals surface area contributed by atoms with Crippen molar-refractivity contribution in [1.29, 1.82) is 0 Å². The summed E-state index contributed by atoms with van der Waals surface area (Å²) >= 11 is 8.74. The Morgan fingerprint density at radius 3 is 3.00 bits per heavy atom. The average Bonchev–Trinajstić information content (AvgIpc) is 2.43. The fourth-order valence-corrected chi connectivity index (χ4v) is 3.47. The van der Waals surface area contributed by atoms with E-state index in [9.17, 15) is 4.79 Å². The number of thiophene rings is 2. The lowest BCUT2D eigenvalue weighted by Crippen LogP contribution is -2.09. The molecule has 0 saturated heterocycles. The maximum absolute atomic E-state index is 10.9. The zero-order chi connectivity index (χ0) is 8.72. The monoisotopic (exact) mass is 217 g/mol. The summed E-state index contributed by atoms with van der Waals surface area (Å²) in [5.41, 5.74) is 5.73. The number of carbonyl (C=O) groups excluding carboxylic acids is 1. The van der Waals surface area contributed by atoms with Gasteiger partial charge in [-0.3, -0.25) is 4.79 Å². The molecule has 12 heavy (non-hydrogen) atoms. The van der Waals surface area contributed by atoms with E-state index in [1.54, 1.807) is 11.4 Å². The molecule has 0 unspecified atom stereocenters. The van der Waals surface area contributed by atoms with Crippen molar-refractivity contribution in [1.82, 2.24) is 0 Å². The van der Waals surface area contributed by atoms with Gasteiger partial charge in [0.05, 0.1) is 13.9 Å². The van der Waals surface area contributed by atoms with Gasteiger partial charge in [-0.2, -0.15) is 0 Å². The third kappa shape index (κ3) is 1.12.